The van der Waals surface area contributed by atoms with E-state index < -0.39 is 10.8 Å². The molecule has 3 aromatic rings. The van der Waals surface area contributed by atoms with E-state index in [1.165, 1.54) is 12.1 Å². The normalized spacial score (nSPS) is 12.3. The Labute approximate surface area is 142 Å². The van der Waals surface area contributed by atoms with Crippen molar-refractivity contribution < 1.29 is 8.60 Å². The molecule has 0 bridgehead atoms. The quantitative estimate of drug-likeness (QED) is 0.714. The van der Waals surface area contributed by atoms with Crippen LogP contribution in [-0.4, -0.2) is 24.4 Å². The third-order valence-corrected chi connectivity index (χ3v) is 4.95. The molecule has 0 unspecified atom stereocenters. The van der Waals surface area contributed by atoms with Crippen molar-refractivity contribution in [2.75, 3.05) is 0 Å². The van der Waals surface area contributed by atoms with Crippen LogP contribution in [0.15, 0.2) is 42.5 Å². The summed E-state index contributed by atoms with van der Waals surface area (Å²) in [5.41, 5.74) is 3.83. The number of tetrazole rings is 1. The van der Waals surface area contributed by atoms with Crippen LogP contribution in [0.25, 0.3) is 5.69 Å². The van der Waals surface area contributed by atoms with E-state index in [0.717, 1.165) is 22.4 Å². The number of benzene rings is 2. The molecule has 0 spiro atoms. The number of halogens is 1. The Kier molecular flexibility index (Phi) is 4.80. The molecule has 0 radical (unpaired) electrons. The van der Waals surface area contributed by atoms with E-state index in [4.69, 9.17) is 0 Å². The summed E-state index contributed by atoms with van der Waals surface area (Å²) in [6.07, 6.45) is 0. The number of hydrogen-bond donors (Lipinski definition) is 0. The number of rotatable bonds is 5. The van der Waals surface area contributed by atoms with Crippen LogP contribution in [0.3, 0.4) is 0 Å². The first-order chi connectivity index (χ1) is 11.5. The average Bonchev–Trinajstić information content (AvgIpc) is 2.97. The number of aryl methyl sites for hydroxylation is 2. The summed E-state index contributed by atoms with van der Waals surface area (Å²) in [5, 5.41) is 11.8. The van der Waals surface area contributed by atoms with Gasteiger partial charge in [0.15, 0.2) is 5.82 Å². The standard InChI is InChI=1S/C17H17FN4OS/c1-12-4-3-5-13(2)17(12)22-16(19-20-21-22)11-24(23)10-14-6-8-15(18)9-7-14/h3-9H,10-11H2,1-2H3/t24-/m0/s1. The zero-order valence-electron chi connectivity index (χ0n) is 13.4. The molecule has 0 aliphatic rings. The predicted molar refractivity (Wildman–Crippen MR) is 90.6 cm³/mol. The number of para-hydroxylation sites is 1. The van der Waals surface area contributed by atoms with Crippen molar-refractivity contribution in [2.45, 2.75) is 25.4 Å². The van der Waals surface area contributed by atoms with Gasteiger partial charge in [-0.15, -0.1) is 5.10 Å². The van der Waals surface area contributed by atoms with E-state index in [-0.39, 0.29) is 11.6 Å². The lowest BCUT2D eigenvalue weighted by molar-refractivity contribution is 0.627. The minimum Gasteiger partial charge on any atom is -0.259 e. The summed E-state index contributed by atoms with van der Waals surface area (Å²) in [5.74, 6) is 0.814. The lowest BCUT2D eigenvalue weighted by Crippen LogP contribution is -2.10. The van der Waals surface area contributed by atoms with Gasteiger partial charge in [0.2, 0.25) is 0 Å². The molecule has 1 heterocycles. The molecule has 5 nitrogen and oxygen atoms in total. The van der Waals surface area contributed by atoms with Gasteiger partial charge in [-0.05, 0) is 53.1 Å². The van der Waals surface area contributed by atoms with Crippen LogP contribution < -0.4 is 0 Å². The fraction of sp³-hybridized carbons (Fsp3) is 0.235. The summed E-state index contributed by atoms with van der Waals surface area (Å²) in [7, 11) is -1.19. The zero-order chi connectivity index (χ0) is 17.1. The van der Waals surface area contributed by atoms with Crippen molar-refractivity contribution in [1.82, 2.24) is 20.2 Å². The van der Waals surface area contributed by atoms with Crippen molar-refractivity contribution in [1.29, 1.82) is 0 Å². The lowest BCUT2D eigenvalue weighted by atomic mass is 10.1. The van der Waals surface area contributed by atoms with Gasteiger partial charge in [-0.25, -0.2) is 4.39 Å². The van der Waals surface area contributed by atoms with Crippen LogP contribution in [-0.2, 0) is 22.3 Å². The Hall–Kier alpha value is -2.41. The molecule has 0 N–H and O–H groups in total. The summed E-state index contributed by atoms with van der Waals surface area (Å²) < 4.78 is 27.0. The van der Waals surface area contributed by atoms with Crippen molar-refractivity contribution in [3.05, 3.63) is 70.8 Å². The molecule has 0 aliphatic heterocycles. The first kappa shape index (κ1) is 16.4. The van der Waals surface area contributed by atoms with Gasteiger partial charge < -0.3 is 0 Å². The fourth-order valence-corrected chi connectivity index (χ4v) is 3.70. The second kappa shape index (κ2) is 7.00. The SMILES string of the molecule is Cc1cccc(C)c1-n1nnnc1C[S@@](=O)Cc1ccc(F)cc1. The topological polar surface area (TPSA) is 60.7 Å². The van der Waals surface area contributed by atoms with E-state index in [1.807, 2.05) is 32.0 Å². The molecular formula is C17H17FN4OS. The first-order valence-corrected chi connectivity index (χ1v) is 8.96. The van der Waals surface area contributed by atoms with Gasteiger partial charge in [-0.3, -0.25) is 4.21 Å². The molecule has 7 heteroatoms. The molecule has 0 amide bonds. The van der Waals surface area contributed by atoms with Gasteiger partial charge in [0.1, 0.15) is 5.82 Å². The fourth-order valence-electron chi connectivity index (χ4n) is 2.57. The summed E-state index contributed by atoms with van der Waals surface area (Å²) in [6, 6.07) is 12.0. The first-order valence-electron chi connectivity index (χ1n) is 7.48. The molecular weight excluding hydrogens is 327 g/mol. The highest BCUT2D eigenvalue weighted by atomic mass is 32.2. The third kappa shape index (κ3) is 3.56. The lowest BCUT2D eigenvalue weighted by Gasteiger charge is -2.10. The second-order valence-corrected chi connectivity index (χ2v) is 7.06. The van der Waals surface area contributed by atoms with Crippen molar-refractivity contribution in [2.24, 2.45) is 0 Å². The van der Waals surface area contributed by atoms with E-state index in [0.29, 0.717) is 11.6 Å². The summed E-state index contributed by atoms with van der Waals surface area (Å²) in [4.78, 5) is 0. The molecule has 1 atom stereocenters. The molecule has 0 saturated heterocycles. The number of hydrogen-bond acceptors (Lipinski definition) is 4. The van der Waals surface area contributed by atoms with Crippen LogP contribution in [0.1, 0.15) is 22.5 Å². The van der Waals surface area contributed by atoms with Gasteiger partial charge >= 0.3 is 0 Å². The van der Waals surface area contributed by atoms with Gasteiger partial charge in [-0.1, -0.05) is 30.3 Å². The molecule has 2 aromatic carbocycles. The van der Waals surface area contributed by atoms with Crippen molar-refractivity contribution in [3.63, 3.8) is 0 Å². The highest BCUT2D eigenvalue weighted by Gasteiger charge is 2.15. The van der Waals surface area contributed by atoms with Gasteiger partial charge in [0.05, 0.1) is 11.4 Å². The maximum Gasteiger partial charge on any atom is 0.169 e. The van der Waals surface area contributed by atoms with E-state index in [9.17, 15) is 8.60 Å². The van der Waals surface area contributed by atoms with E-state index >= 15 is 0 Å². The Balaban J connectivity index is 1.81. The monoisotopic (exact) mass is 344 g/mol. The zero-order valence-corrected chi connectivity index (χ0v) is 14.3. The smallest absolute Gasteiger partial charge is 0.169 e. The highest BCUT2D eigenvalue weighted by molar-refractivity contribution is 7.83. The molecule has 3 rings (SSSR count). The van der Waals surface area contributed by atoms with E-state index in [1.54, 1.807) is 16.8 Å². The molecule has 0 aliphatic carbocycles. The third-order valence-electron chi connectivity index (χ3n) is 3.72. The molecule has 1 aromatic heterocycles. The van der Waals surface area contributed by atoms with Crippen molar-refractivity contribution in [3.8, 4) is 5.69 Å². The van der Waals surface area contributed by atoms with Crippen molar-refractivity contribution >= 4 is 10.8 Å². The minimum absolute atomic E-state index is 0.234. The molecule has 124 valence electrons. The van der Waals surface area contributed by atoms with Gasteiger partial charge in [0, 0.05) is 16.6 Å². The Morgan fingerprint density at radius 3 is 2.38 bits per heavy atom. The van der Waals surface area contributed by atoms with Crippen LogP contribution in [0.4, 0.5) is 4.39 Å². The van der Waals surface area contributed by atoms with Crippen LogP contribution in [0.2, 0.25) is 0 Å². The highest BCUT2D eigenvalue weighted by Crippen LogP contribution is 2.19. The van der Waals surface area contributed by atoms with Crippen LogP contribution >= 0.6 is 0 Å². The Morgan fingerprint density at radius 2 is 1.71 bits per heavy atom. The molecule has 0 fully saturated rings. The Bertz CT molecular complexity index is 856. The average molecular weight is 344 g/mol. The van der Waals surface area contributed by atoms with Crippen LogP contribution in [0.5, 0.6) is 0 Å². The molecule has 0 saturated carbocycles. The maximum absolute atomic E-state index is 12.9. The van der Waals surface area contributed by atoms with E-state index in [2.05, 4.69) is 15.5 Å². The summed E-state index contributed by atoms with van der Waals surface area (Å²) >= 11 is 0. The minimum atomic E-state index is -1.19. The second-order valence-electron chi connectivity index (χ2n) is 5.60. The largest absolute Gasteiger partial charge is 0.259 e. The number of nitrogens with zero attached hydrogens (tertiary/aromatic N) is 4. The molecule has 24 heavy (non-hydrogen) atoms. The van der Waals surface area contributed by atoms with Gasteiger partial charge in [-0.2, -0.15) is 4.68 Å². The Morgan fingerprint density at radius 1 is 1.04 bits per heavy atom. The van der Waals surface area contributed by atoms with Gasteiger partial charge in [0.25, 0.3) is 0 Å². The predicted octanol–water partition coefficient (Wildman–Crippen LogP) is 2.87. The van der Waals surface area contributed by atoms with Crippen LogP contribution in [0, 0.1) is 19.7 Å². The number of aromatic nitrogens is 4. The summed E-state index contributed by atoms with van der Waals surface area (Å²) in [6.45, 7) is 3.98. The maximum atomic E-state index is 12.9.